The number of rotatable bonds is 16. The summed E-state index contributed by atoms with van der Waals surface area (Å²) in [6, 6.07) is 9.73. The molecule has 2 aromatic carbocycles. The van der Waals surface area contributed by atoms with E-state index in [1.807, 2.05) is 37.3 Å². The molecule has 0 aromatic heterocycles. The van der Waals surface area contributed by atoms with E-state index in [9.17, 15) is 43.8 Å². The largest absolute Gasteiger partial charge is 0.508 e. The normalized spacial score (nSPS) is 21.3. The Kier molecular flexibility index (Phi) is 14.6. The van der Waals surface area contributed by atoms with Crippen molar-refractivity contribution in [2.45, 2.75) is 108 Å². The second-order valence-electron chi connectivity index (χ2n) is 15.3. The summed E-state index contributed by atoms with van der Waals surface area (Å²) in [6.45, 7) is 4.03. The predicted octanol–water partition coefficient (Wildman–Crippen LogP) is 0.694. The maximum atomic E-state index is 14.2. The van der Waals surface area contributed by atoms with Gasteiger partial charge in [0.2, 0.25) is 35.4 Å². The highest BCUT2D eigenvalue weighted by molar-refractivity contribution is 5.97. The zero-order valence-corrected chi connectivity index (χ0v) is 32.6. The van der Waals surface area contributed by atoms with E-state index in [1.54, 1.807) is 19.1 Å². The fraction of sp³-hybridized carbons (Fsp3) is 0.537. The van der Waals surface area contributed by atoms with E-state index >= 15 is 0 Å². The van der Waals surface area contributed by atoms with Crippen molar-refractivity contribution >= 4 is 41.4 Å². The number of carboxylic acids is 1. The van der Waals surface area contributed by atoms with E-state index in [4.69, 9.17) is 5.73 Å². The van der Waals surface area contributed by atoms with Crippen molar-refractivity contribution < 1.29 is 43.8 Å². The molecule has 16 heteroatoms. The van der Waals surface area contributed by atoms with Gasteiger partial charge in [0.05, 0.1) is 12.6 Å². The molecule has 0 unspecified atom stereocenters. The molecule has 16 nitrogen and oxygen atoms in total. The van der Waals surface area contributed by atoms with Gasteiger partial charge < -0.3 is 46.6 Å². The van der Waals surface area contributed by atoms with Gasteiger partial charge in [0.15, 0.2) is 0 Å². The summed E-state index contributed by atoms with van der Waals surface area (Å²) < 4.78 is 0. The minimum Gasteiger partial charge on any atom is -0.508 e. The number of carbonyl (C=O) groups is 7. The zero-order valence-electron chi connectivity index (χ0n) is 32.6. The van der Waals surface area contributed by atoms with Crippen LogP contribution in [0.1, 0.15) is 69.9 Å². The standard InChI is InChI=1S/C41H55N7O9/c1-3-25(2)35(41(56)57)45-38(53)33-14-9-21-48(33)40(55)30(23-26-10-5-4-6-11-26)44-37(52)32-13-7-19-46(32)34(50)24-43-36(51)31-12-8-20-47(31)39(54)29(42)22-27-15-17-28(49)18-16-27/h4-6,10-11,15-18,25,29-33,35,49H,3,7-9,12-14,19-24,42H2,1-2H3,(H,43,51)(H,44,52)(H,45,53)(H,56,57)/t25-,29-,30-,31-,32-,33-,35-/m0/s1. The molecule has 308 valence electrons. The van der Waals surface area contributed by atoms with Crippen molar-refractivity contribution in [2.75, 3.05) is 26.2 Å². The molecule has 0 radical (unpaired) electrons. The van der Waals surface area contributed by atoms with E-state index in [0.29, 0.717) is 51.5 Å². The summed E-state index contributed by atoms with van der Waals surface area (Å²) in [5.41, 5.74) is 7.75. The minimum absolute atomic E-state index is 0.0954. The van der Waals surface area contributed by atoms with Gasteiger partial charge in [-0.2, -0.15) is 0 Å². The molecule has 57 heavy (non-hydrogen) atoms. The van der Waals surface area contributed by atoms with E-state index < -0.39 is 78.3 Å². The lowest BCUT2D eigenvalue weighted by Crippen LogP contribution is -2.58. The number of amides is 6. The molecule has 6 amide bonds. The monoisotopic (exact) mass is 789 g/mol. The van der Waals surface area contributed by atoms with Crippen LogP contribution in [0, 0.1) is 5.92 Å². The van der Waals surface area contributed by atoms with Gasteiger partial charge in [-0.3, -0.25) is 28.8 Å². The number of hydrogen-bond acceptors (Lipinski definition) is 9. The first-order chi connectivity index (χ1) is 27.3. The topological polar surface area (TPSA) is 232 Å². The van der Waals surface area contributed by atoms with E-state index in [0.717, 1.165) is 11.1 Å². The molecule has 0 spiro atoms. The van der Waals surface area contributed by atoms with Crippen molar-refractivity contribution in [2.24, 2.45) is 11.7 Å². The summed E-state index contributed by atoms with van der Waals surface area (Å²) in [7, 11) is 0. The van der Waals surface area contributed by atoms with Gasteiger partial charge in [0.25, 0.3) is 0 Å². The molecule has 3 aliphatic heterocycles. The van der Waals surface area contributed by atoms with Crippen molar-refractivity contribution in [3.8, 4) is 5.75 Å². The number of nitrogens with two attached hydrogens (primary N) is 1. The van der Waals surface area contributed by atoms with Crippen LogP contribution in [0.15, 0.2) is 54.6 Å². The van der Waals surface area contributed by atoms with Crippen LogP contribution >= 0.6 is 0 Å². The van der Waals surface area contributed by atoms with Gasteiger partial charge in [-0.15, -0.1) is 0 Å². The van der Waals surface area contributed by atoms with Crippen LogP contribution in [-0.4, -0.2) is 129 Å². The van der Waals surface area contributed by atoms with Crippen molar-refractivity contribution in [3.05, 3.63) is 65.7 Å². The van der Waals surface area contributed by atoms with E-state index in [-0.39, 0.29) is 43.5 Å². The van der Waals surface area contributed by atoms with Gasteiger partial charge in [-0.25, -0.2) is 4.79 Å². The first-order valence-corrected chi connectivity index (χ1v) is 19.9. The molecule has 3 heterocycles. The molecule has 0 aliphatic carbocycles. The lowest BCUT2D eigenvalue weighted by molar-refractivity contribution is -0.146. The third-order valence-corrected chi connectivity index (χ3v) is 11.3. The number of carboxylic acid groups (broad SMARTS) is 1. The smallest absolute Gasteiger partial charge is 0.326 e. The first kappa shape index (κ1) is 42.6. The molecule has 2 aromatic rings. The summed E-state index contributed by atoms with van der Waals surface area (Å²) >= 11 is 0. The molecular formula is C41H55N7O9. The van der Waals surface area contributed by atoms with E-state index in [2.05, 4.69) is 16.0 Å². The number of aromatic hydroxyl groups is 1. The van der Waals surface area contributed by atoms with Gasteiger partial charge in [-0.05, 0) is 74.1 Å². The Morgan fingerprint density at radius 1 is 0.719 bits per heavy atom. The number of likely N-dealkylation sites (tertiary alicyclic amines) is 3. The summed E-state index contributed by atoms with van der Waals surface area (Å²) in [5, 5.41) is 27.4. The van der Waals surface area contributed by atoms with Crippen LogP contribution in [0.3, 0.4) is 0 Å². The Morgan fingerprint density at radius 2 is 1.25 bits per heavy atom. The highest BCUT2D eigenvalue weighted by Gasteiger charge is 2.42. The summed E-state index contributed by atoms with van der Waals surface area (Å²) in [5.74, 6) is -4.35. The number of nitrogens with zero attached hydrogens (tertiary/aromatic N) is 3. The van der Waals surface area contributed by atoms with Gasteiger partial charge in [-0.1, -0.05) is 62.7 Å². The lowest BCUT2D eigenvalue weighted by Gasteiger charge is -2.31. The van der Waals surface area contributed by atoms with Crippen LogP contribution in [0.5, 0.6) is 5.75 Å². The number of phenolic OH excluding ortho intramolecular Hbond substituents is 1. The fourth-order valence-corrected chi connectivity index (χ4v) is 7.96. The number of aliphatic carboxylic acids is 1. The van der Waals surface area contributed by atoms with Crippen LogP contribution in [0.25, 0.3) is 0 Å². The van der Waals surface area contributed by atoms with Gasteiger partial charge in [0.1, 0.15) is 36.0 Å². The van der Waals surface area contributed by atoms with Crippen molar-refractivity contribution in [1.82, 2.24) is 30.7 Å². The second kappa shape index (κ2) is 19.6. The molecule has 7 N–H and O–H groups in total. The van der Waals surface area contributed by atoms with Crippen LogP contribution in [0.4, 0.5) is 0 Å². The maximum absolute atomic E-state index is 14.2. The maximum Gasteiger partial charge on any atom is 0.326 e. The zero-order chi connectivity index (χ0) is 41.2. The Morgan fingerprint density at radius 3 is 1.84 bits per heavy atom. The van der Waals surface area contributed by atoms with Gasteiger partial charge >= 0.3 is 5.97 Å². The average Bonchev–Trinajstić information content (AvgIpc) is 4.01. The SMILES string of the molecule is CC[C@H](C)[C@H](NC(=O)[C@@H]1CCCN1C(=O)[C@H](Cc1ccccc1)NC(=O)[C@@H]1CCCN1C(=O)CNC(=O)[C@@H]1CCCN1C(=O)[C@@H](N)Cc1ccc(O)cc1)C(=O)O. The Balaban J connectivity index is 1.21. The third-order valence-electron chi connectivity index (χ3n) is 11.3. The molecule has 0 saturated carbocycles. The highest BCUT2D eigenvalue weighted by atomic mass is 16.4. The summed E-state index contributed by atoms with van der Waals surface area (Å²) in [4.78, 5) is 97.8. The van der Waals surface area contributed by atoms with Crippen LogP contribution in [0.2, 0.25) is 0 Å². The molecule has 3 aliphatic rings. The second-order valence-corrected chi connectivity index (χ2v) is 15.3. The minimum atomic E-state index is -1.16. The lowest BCUT2D eigenvalue weighted by atomic mass is 9.98. The Bertz CT molecular complexity index is 1780. The summed E-state index contributed by atoms with van der Waals surface area (Å²) in [6.07, 6.45) is 3.58. The highest BCUT2D eigenvalue weighted by Crippen LogP contribution is 2.24. The van der Waals surface area contributed by atoms with Crippen molar-refractivity contribution in [3.63, 3.8) is 0 Å². The van der Waals surface area contributed by atoms with Crippen molar-refractivity contribution in [1.29, 1.82) is 0 Å². The number of carbonyl (C=O) groups excluding carboxylic acids is 6. The van der Waals surface area contributed by atoms with Crippen LogP contribution in [-0.2, 0) is 46.4 Å². The Hall–Kier alpha value is -5.51. The van der Waals surface area contributed by atoms with Crippen LogP contribution < -0.4 is 21.7 Å². The first-order valence-electron chi connectivity index (χ1n) is 19.9. The molecule has 0 bridgehead atoms. The molecule has 3 saturated heterocycles. The molecule has 5 rings (SSSR count). The fourth-order valence-electron chi connectivity index (χ4n) is 7.96. The number of hydrogen-bond donors (Lipinski definition) is 6. The third kappa shape index (κ3) is 10.7. The van der Waals surface area contributed by atoms with Gasteiger partial charge in [0, 0.05) is 26.1 Å². The average molecular weight is 790 g/mol. The predicted molar refractivity (Wildman–Crippen MR) is 208 cm³/mol. The Labute approximate surface area is 332 Å². The number of phenols is 1. The molecule has 3 fully saturated rings. The number of benzene rings is 2. The molecular weight excluding hydrogens is 734 g/mol. The molecule has 7 atom stereocenters. The number of nitrogens with one attached hydrogen (secondary N) is 3. The quantitative estimate of drug-likeness (QED) is 0.139. The van der Waals surface area contributed by atoms with E-state index in [1.165, 1.54) is 26.8 Å².